The van der Waals surface area contributed by atoms with E-state index in [2.05, 4.69) is 20.9 Å². The summed E-state index contributed by atoms with van der Waals surface area (Å²) in [4.78, 5) is 4.38. The van der Waals surface area contributed by atoms with E-state index < -0.39 is 15.9 Å². The van der Waals surface area contributed by atoms with Crippen LogP contribution in [-0.2, 0) is 9.84 Å². The van der Waals surface area contributed by atoms with Gasteiger partial charge >= 0.3 is 0 Å². The zero-order chi connectivity index (χ0) is 14.0. The number of hydrogen-bond acceptors (Lipinski definition) is 4. The van der Waals surface area contributed by atoms with Gasteiger partial charge in [0.25, 0.3) is 0 Å². The number of hydrogen-bond donors (Lipinski definition) is 1. The van der Waals surface area contributed by atoms with Crippen molar-refractivity contribution in [2.24, 2.45) is 0 Å². The van der Waals surface area contributed by atoms with Gasteiger partial charge < -0.3 is 5.11 Å². The molecule has 0 bridgehead atoms. The predicted octanol–water partition coefficient (Wildman–Crippen LogP) is 2.47. The quantitative estimate of drug-likeness (QED) is 0.925. The number of benzene rings is 1. The van der Waals surface area contributed by atoms with Crippen LogP contribution >= 0.6 is 15.9 Å². The third-order valence-electron chi connectivity index (χ3n) is 2.78. The van der Waals surface area contributed by atoms with E-state index in [1.807, 2.05) is 30.3 Å². The molecule has 6 heteroatoms. The number of nitrogens with zero attached hydrogens (tertiary/aromatic N) is 1. The fraction of sp³-hybridized carbons (Fsp3) is 0.308. The molecule has 1 N–H and O–H groups in total. The Bertz CT molecular complexity index is 700. The van der Waals surface area contributed by atoms with Crippen molar-refractivity contribution in [3.05, 3.63) is 40.5 Å². The molecule has 0 saturated heterocycles. The highest BCUT2D eigenvalue weighted by Crippen LogP contribution is 2.27. The van der Waals surface area contributed by atoms with Gasteiger partial charge in [0.1, 0.15) is 9.84 Å². The Morgan fingerprint density at radius 1 is 1.37 bits per heavy atom. The summed E-state index contributed by atoms with van der Waals surface area (Å²) in [5, 5.41) is 11.0. The minimum atomic E-state index is -3.09. The van der Waals surface area contributed by atoms with E-state index in [0.29, 0.717) is 10.2 Å². The van der Waals surface area contributed by atoms with Crippen molar-refractivity contribution < 1.29 is 13.5 Å². The van der Waals surface area contributed by atoms with Crippen LogP contribution in [0.1, 0.15) is 18.2 Å². The second-order valence-electron chi connectivity index (χ2n) is 4.48. The number of halogens is 1. The van der Waals surface area contributed by atoms with Crippen LogP contribution in [0.5, 0.6) is 0 Å². The van der Waals surface area contributed by atoms with Crippen LogP contribution < -0.4 is 0 Å². The third kappa shape index (κ3) is 3.75. The molecular weight excluding hydrogens is 330 g/mol. The fourth-order valence-electron chi connectivity index (χ4n) is 1.80. The molecule has 2 aromatic rings. The average molecular weight is 344 g/mol. The second kappa shape index (κ2) is 5.56. The molecule has 1 unspecified atom stereocenters. The van der Waals surface area contributed by atoms with Gasteiger partial charge in [-0.2, -0.15) is 0 Å². The normalized spacial score (nSPS) is 13.6. The zero-order valence-corrected chi connectivity index (χ0v) is 12.8. The molecule has 0 saturated carbocycles. The van der Waals surface area contributed by atoms with Gasteiger partial charge in [0, 0.05) is 16.1 Å². The van der Waals surface area contributed by atoms with Crippen molar-refractivity contribution in [1.29, 1.82) is 0 Å². The molecule has 1 aromatic heterocycles. The Hall–Kier alpha value is -0.980. The first-order valence-corrected chi connectivity index (χ1v) is 8.63. The SMILES string of the molecule is CS(=O)(=O)CCC(O)c1nc2ccccc2cc1Br. The molecular formula is C13H14BrNO3S. The van der Waals surface area contributed by atoms with Crippen LogP contribution in [0.4, 0.5) is 0 Å². The first-order valence-electron chi connectivity index (χ1n) is 5.78. The summed E-state index contributed by atoms with van der Waals surface area (Å²) in [6, 6.07) is 9.45. The average Bonchev–Trinajstić information content (AvgIpc) is 2.34. The number of aliphatic hydroxyl groups excluding tert-OH is 1. The summed E-state index contributed by atoms with van der Waals surface area (Å²) in [6.07, 6.45) is 0.402. The van der Waals surface area contributed by atoms with E-state index in [-0.39, 0.29) is 12.2 Å². The molecule has 0 radical (unpaired) electrons. The van der Waals surface area contributed by atoms with Crippen LogP contribution in [0.25, 0.3) is 10.9 Å². The van der Waals surface area contributed by atoms with Crippen molar-refractivity contribution in [3.8, 4) is 0 Å². The molecule has 2 rings (SSSR count). The lowest BCUT2D eigenvalue weighted by Gasteiger charge is -2.12. The number of rotatable bonds is 4. The first kappa shape index (κ1) is 14.4. The standard InChI is InChI=1S/C13H14BrNO3S/c1-19(17,18)7-6-12(16)13-10(14)8-9-4-2-3-5-11(9)15-13/h2-5,8,12,16H,6-7H2,1H3. The van der Waals surface area contributed by atoms with E-state index in [9.17, 15) is 13.5 Å². The Balaban J connectivity index is 2.31. The Morgan fingerprint density at radius 2 is 2.05 bits per heavy atom. The summed E-state index contributed by atoms with van der Waals surface area (Å²) >= 11 is 3.37. The van der Waals surface area contributed by atoms with Crippen LogP contribution in [0.15, 0.2) is 34.8 Å². The number of pyridine rings is 1. The minimum Gasteiger partial charge on any atom is -0.387 e. The molecule has 19 heavy (non-hydrogen) atoms. The van der Waals surface area contributed by atoms with Gasteiger partial charge in [-0.15, -0.1) is 0 Å². The topological polar surface area (TPSA) is 67.3 Å². The van der Waals surface area contributed by atoms with Crippen LogP contribution in [0, 0.1) is 0 Å². The van der Waals surface area contributed by atoms with E-state index >= 15 is 0 Å². The summed E-state index contributed by atoms with van der Waals surface area (Å²) in [5.41, 5.74) is 1.25. The molecule has 0 spiro atoms. The lowest BCUT2D eigenvalue weighted by atomic mass is 10.1. The number of aromatic nitrogens is 1. The van der Waals surface area contributed by atoms with Gasteiger partial charge in [-0.1, -0.05) is 18.2 Å². The molecule has 0 aliphatic rings. The highest BCUT2D eigenvalue weighted by molar-refractivity contribution is 9.10. The van der Waals surface area contributed by atoms with Gasteiger partial charge in [0.2, 0.25) is 0 Å². The maximum atomic E-state index is 11.1. The first-order chi connectivity index (χ1) is 8.87. The van der Waals surface area contributed by atoms with Gasteiger partial charge in [0.15, 0.2) is 0 Å². The monoisotopic (exact) mass is 343 g/mol. The fourth-order valence-corrected chi connectivity index (χ4v) is 3.05. The van der Waals surface area contributed by atoms with E-state index in [4.69, 9.17) is 0 Å². The molecule has 4 nitrogen and oxygen atoms in total. The summed E-state index contributed by atoms with van der Waals surface area (Å²) in [5.74, 6) is -0.0604. The van der Waals surface area contributed by atoms with Gasteiger partial charge in [-0.25, -0.2) is 13.4 Å². The maximum absolute atomic E-state index is 11.1. The number of para-hydroxylation sites is 1. The maximum Gasteiger partial charge on any atom is 0.147 e. The zero-order valence-electron chi connectivity index (χ0n) is 10.4. The number of fused-ring (bicyclic) bond motifs is 1. The molecule has 0 amide bonds. The largest absolute Gasteiger partial charge is 0.387 e. The molecule has 1 aromatic carbocycles. The van der Waals surface area contributed by atoms with Crippen molar-refractivity contribution in [3.63, 3.8) is 0 Å². The smallest absolute Gasteiger partial charge is 0.147 e. The van der Waals surface area contributed by atoms with E-state index in [1.54, 1.807) is 0 Å². The van der Waals surface area contributed by atoms with Crippen molar-refractivity contribution in [1.82, 2.24) is 4.98 Å². The van der Waals surface area contributed by atoms with E-state index in [1.165, 1.54) is 0 Å². The molecule has 1 heterocycles. The second-order valence-corrected chi connectivity index (χ2v) is 7.60. The van der Waals surface area contributed by atoms with Crippen LogP contribution in [0.2, 0.25) is 0 Å². The molecule has 0 aliphatic carbocycles. The molecule has 0 aliphatic heterocycles. The van der Waals surface area contributed by atoms with Crippen LogP contribution in [0.3, 0.4) is 0 Å². The van der Waals surface area contributed by atoms with Gasteiger partial charge in [-0.05, 0) is 34.5 Å². The molecule has 102 valence electrons. The Morgan fingerprint density at radius 3 is 2.74 bits per heavy atom. The number of aliphatic hydroxyl groups is 1. The predicted molar refractivity (Wildman–Crippen MR) is 78.7 cm³/mol. The van der Waals surface area contributed by atoms with E-state index in [0.717, 1.165) is 17.2 Å². The lowest BCUT2D eigenvalue weighted by Crippen LogP contribution is -2.10. The van der Waals surface area contributed by atoms with Crippen molar-refractivity contribution in [2.75, 3.05) is 12.0 Å². The lowest BCUT2D eigenvalue weighted by molar-refractivity contribution is 0.169. The van der Waals surface area contributed by atoms with Crippen molar-refractivity contribution in [2.45, 2.75) is 12.5 Å². The summed E-state index contributed by atoms with van der Waals surface area (Å²) in [6.45, 7) is 0. The van der Waals surface area contributed by atoms with Gasteiger partial charge in [0.05, 0.1) is 23.1 Å². The van der Waals surface area contributed by atoms with Crippen molar-refractivity contribution >= 4 is 36.7 Å². The molecule has 1 atom stereocenters. The summed E-state index contributed by atoms with van der Waals surface area (Å²) in [7, 11) is -3.09. The summed E-state index contributed by atoms with van der Waals surface area (Å²) < 4.78 is 22.9. The number of sulfone groups is 1. The third-order valence-corrected chi connectivity index (χ3v) is 4.39. The molecule has 0 fully saturated rings. The highest BCUT2D eigenvalue weighted by atomic mass is 79.9. The highest BCUT2D eigenvalue weighted by Gasteiger charge is 2.16. The minimum absolute atomic E-state index is 0.0604. The van der Waals surface area contributed by atoms with Gasteiger partial charge in [-0.3, -0.25) is 0 Å². The Labute approximate surface area is 120 Å². The Kier molecular flexibility index (Phi) is 4.23. The van der Waals surface area contributed by atoms with Crippen LogP contribution in [-0.4, -0.2) is 30.5 Å².